The minimum atomic E-state index is -0.788. The molecule has 0 spiro atoms. The van der Waals surface area contributed by atoms with E-state index in [4.69, 9.17) is 4.74 Å². The van der Waals surface area contributed by atoms with E-state index >= 15 is 0 Å². The van der Waals surface area contributed by atoms with E-state index in [0.717, 1.165) is 28.0 Å². The molecule has 4 nitrogen and oxygen atoms in total. The topological polar surface area (TPSA) is 46.6 Å². The molecule has 2 atom stereocenters. The molecule has 146 valence electrons. The number of carbonyl (C=O) groups excluding carboxylic acids is 2. The quantitative estimate of drug-likeness (QED) is 0.573. The van der Waals surface area contributed by atoms with Gasteiger partial charge in [-0.1, -0.05) is 42.0 Å². The predicted molar refractivity (Wildman–Crippen MR) is 112 cm³/mol. The van der Waals surface area contributed by atoms with Gasteiger partial charge in [0.15, 0.2) is 5.78 Å². The van der Waals surface area contributed by atoms with Gasteiger partial charge >= 0.3 is 5.97 Å². The Kier molecular flexibility index (Phi) is 5.98. The van der Waals surface area contributed by atoms with Crippen LogP contribution < -0.4 is 4.90 Å². The number of anilines is 1. The van der Waals surface area contributed by atoms with Crippen molar-refractivity contribution in [3.05, 3.63) is 71.3 Å². The number of rotatable bonds is 5. The molecule has 0 saturated carbocycles. The zero-order valence-corrected chi connectivity index (χ0v) is 16.9. The summed E-state index contributed by atoms with van der Waals surface area (Å²) in [5.74, 6) is -1.63. The maximum Gasteiger partial charge on any atom is 0.317 e. The van der Waals surface area contributed by atoms with E-state index in [-0.39, 0.29) is 18.3 Å². The summed E-state index contributed by atoms with van der Waals surface area (Å²) in [6.45, 7) is 4.06. The SMILES string of the molecule is CCOC(=O)[C@@H]1C(=O)C=C(c2cccc(N(C)C)c2)C[C@@H]1c1ccc(C)cc1. The molecule has 0 fully saturated rings. The standard InChI is InChI=1S/C24H27NO3/c1-5-28-24(27)23-21(17-11-9-16(2)10-12-17)14-19(15-22(23)26)18-7-6-8-20(13-18)25(3)4/h6-13,15,21,23H,5,14H2,1-4H3/t21-,23+/m1/s1. The fourth-order valence-electron chi connectivity index (χ4n) is 3.69. The van der Waals surface area contributed by atoms with Crippen LogP contribution in [0, 0.1) is 12.8 Å². The van der Waals surface area contributed by atoms with Crippen molar-refractivity contribution in [3.8, 4) is 0 Å². The maximum atomic E-state index is 13.0. The van der Waals surface area contributed by atoms with E-state index < -0.39 is 11.9 Å². The van der Waals surface area contributed by atoms with Gasteiger partial charge in [-0.2, -0.15) is 0 Å². The lowest BCUT2D eigenvalue weighted by Crippen LogP contribution is -2.34. The monoisotopic (exact) mass is 377 g/mol. The van der Waals surface area contributed by atoms with Crippen molar-refractivity contribution in [1.82, 2.24) is 0 Å². The van der Waals surface area contributed by atoms with Crippen LogP contribution in [0.1, 0.15) is 36.0 Å². The predicted octanol–water partition coefficient (Wildman–Crippen LogP) is 4.38. The lowest BCUT2D eigenvalue weighted by molar-refractivity contribution is -0.151. The van der Waals surface area contributed by atoms with Crippen molar-refractivity contribution < 1.29 is 14.3 Å². The van der Waals surface area contributed by atoms with Gasteiger partial charge in [-0.05, 0) is 55.2 Å². The van der Waals surface area contributed by atoms with Crippen molar-refractivity contribution in [3.63, 3.8) is 0 Å². The normalized spacial score (nSPS) is 19.1. The number of aryl methyl sites for hydroxylation is 1. The van der Waals surface area contributed by atoms with Gasteiger partial charge in [-0.3, -0.25) is 9.59 Å². The van der Waals surface area contributed by atoms with Crippen molar-refractivity contribution in [2.45, 2.75) is 26.2 Å². The first-order valence-corrected chi connectivity index (χ1v) is 9.66. The van der Waals surface area contributed by atoms with Crippen molar-refractivity contribution in [1.29, 1.82) is 0 Å². The third-order valence-corrected chi connectivity index (χ3v) is 5.24. The van der Waals surface area contributed by atoms with Crippen LogP contribution in [0.25, 0.3) is 5.57 Å². The number of hydrogen-bond acceptors (Lipinski definition) is 4. The molecule has 0 unspecified atom stereocenters. The third kappa shape index (κ3) is 4.16. The van der Waals surface area contributed by atoms with Gasteiger partial charge in [-0.15, -0.1) is 0 Å². The number of carbonyl (C=O) groups is 2. The number of nitrogens with zero attached hydrogens (tertiary/aromatic N) is 1. The summed E-state index contributed by atoms with van der Waals surface area (Å²) in [7, 11) is 3.98. The highest BCUT2D eigenvalue weighted by Crippen LogP contribution is 2.40. The molecule has 0 aromatic heterocycles. The Hall–Kier alpha value is -2.88. The molecule has 0 heterocycles. The number of esters is 1. The minimum absolute atomic E-state index is 0.180. The van der Waals surface area contributed by atoms with Crippen LogP contribution in [0.15, 0.2) is 54.6 Å². The van der Waals surface area contributed by atoms with Gasteiger partial charge in [0.1, 0.15) is 5.92 Å². The molecule has 4 heteroatoms. The first-order valence-electron chi connectivity index (χ1n) is 9.66. The zero-order valence-electron chi connectivity index (χ0n) is 16.9. The van der Waals surface area contributed by atoms with Gasteiger partial charge in [0.2, 0.25) is 0 Å². The first kappa shape index (κ1) is 19.9. The summed E-state index contributed by atoms with van der Waals surface area (Å²) in [6, 6.07) is 16.2. The first-order chi connectivity index (χ1) is 13.4. The summed E-state index contributed by atoms with van der Waals surface area (Å²) in [4.78, 5) is 27.6. The second-order valence-electron chi connectivity index (χ2n) is 7.47. The number of ether oxygens (including phenoxy) is 1. The summed E-state index contributed by atoms with van der Waals surface area (Å²) in [6.07, 6.45) is 2.25. The molecular weight excluding hydrogens is 350 g/mol. The molecule has 1 aliphatic carbocycles. The summed E-state index contributed by atoms with van der Waals surface area (Å²) < 4.78 is 5.22. The molecule has 2 aromatic carbocycles. The molecule has 1 aliphatic rings. The van der Waals surface area contributed by atoms with Gasteiger partial charge < -0.3 is 9.64 Å². The molecule has 0 aliphatic heterocycles. The second kappa shape index (κ2) is 8.42. The summed E-state index contributed by atoms with van der Waals surface area (Å²) >= 11 is 0. The molecule has 28 heavy (non-hydrogen) atoms. The Balaban J connectivity index is 2.02. The summed E-state index contributed by atoms with van der Waals surface area (Å²) in [5.41, 5.74) is 5.18. The number of benzene rings is 2. The van der Waals surface area contributed by atoms with Crippen molar-refractivity contribution in [2.24, 2.45) is 5.92 Å². The van der Waals surface area contributed by atoms with E-state index in [9.17, 15) is 9.59 Å². The van der Waals surface area contributed by atoms with E-state index in [1.165, 1.54) is 0 Å². The molecule has 0 saturated heterocycles. The number of allylic oxidation sites excluding steroid dienone is 2. The fraction of sp³-hybridized carbons (Fsp3) is 0.333. The lowest BCUT2D eigenvalue weighted by Gasteiger charge is -2.30. The largest absolute Gasteiger partial charge is 0.465 e. The molecular formula is C24H27NO3. The lowest BCUT2D eigenvalue weighted by atomic mass is 9.73. The Morgan fingerprint density at radius 1 is 1.14 bits per heavy atom. The molecule has 0 bridgehead atoms. The smallest absolute Gasteiger partial charge is 0.317 e. The van der Waals surface area contributed by atoms with E-state index in [1.807, 2.05) is 68.4 Å². The Morgan fingerprint density at radius 3 is 2.50 bits per heavy atom. The maximum absolute atomic E-state index is 13.0. The average molecular weight is 377 g/mol. The van der Waals surface area contributed by atoms with E-state index in [1.54, 1.807) is 13.0 Å². The molecule has 3 rings (SSSR count). The van der Waals surface area contributed by atoms with Crippen LogP contribution in [0.2, 0.25) is 0 Å². The van der Waals surface area contributed by atoms with Crippen LogP contribution in [-0.2, 0) is 14.3 Å². The van der Waals surface area contributed by atoms with Crippen LogP contribution in [0.5, 0.6) is 0 Å². The zero-order chi connectivity index (χ0) is 20.3. The van der Waals surface area contributed by atoms with Crippen LogP contribution in [0.3, 0.4) is 0 Å². The van der Waals surface area contributed by atoms with Crippen LogP contribution in [0.4, 0.5) is 5.69 Å². The van der Waals surface area contributed by atoms with Crippen LogP contribution in [-0.4, -0.2) is 32.5 Å². The van der Waals surface area contributed by atoms with Gasteiger partial charge in [-0.25, -0.2) is 0 Å². The summed E-state index contributed by atoms with van der Waals surface area (Å²) in [5, 5.41) is 0. The minimum Gasteiger partial charge on any atom is -0.465 e. The third-order valence-electron chi connectivity index (χ3n) is 5.24. The van der Waals surface area contributed by atoms with E-state index in [0.29, 0.717) is 6.42 Å². The second-order valence-corrected chi connectivity index (χ2v) is 7.47. The van der Waals surface area contributed by atoms with Crippen LogP contribution >= 0.6 is 0 Å². The van der Waals surface area contributed by atoms with Crippen molar-refractivity contribution in [2.75, 3.05) is 25.6 Å². The molecule has 0 radical (unpaired) electrons. The van der Waals surface area contributed by atoms with Gasteiger partial charge in [0, 0.05) is 25.7 Å². The van der Waals surface area contributed by atoms with E-state index in [2.05, 4.69) is 6.07 Å². The number of ketones is 1. The number of hydrogen-bond donors (Lipinski definition) is 0. The highest BCUT2D eigenvalue weighted by atomic mass is 16.5. The average Bonchev–Trinajstić information content (AvgIpc) is 2.68. The molecule has 0 N–H and O–H groups in total. The van der Waals surface area contributed by atoms with Gasteiger partial charge in [0.25, 0.3) is 0 Å². The highest BCUT2D eigenvalue weighted by Gasteiger charge is 2.39. The Morgan fingerprint density at radius 2 is 1.86 bits per heavy atom. The Labute approximate surface area is 166 Å². The molecule has 2 aromatic rings. The fourth-order valence-corrected chi connectivity index (χ4v) is 3.69. The Bertz CT molecular complexity index is 896. The molecule has 0 amide bonds. The van der Waals surface area contributed by atoms with Gasteiger partial charge in [0.05, 0.1) is 6.61 Å². The highest BCUT2D eigenvalue weighted by molar-refractivity contribution is 6.10. The van der Waals surface area contributed by atoms with Crippen molar-refractivity contribution >= 4 is 23.0 Å².